The molecular weight excluding hydrogens is 446 g/mol. The van der Waals surface area contributed by atoms with Crippen LogP contribution in [0.15, 0.2) is 35.5 Å². The van der Waals surface area contributed by atoms with Crippen molar-refractivity contribution in [2.24, 2.45) is 4.99 Å². The molecule has 0 saturated heterocycles. The first-order valence-electron chi connectivity index (χ1n) is 12.3. The van der Waals surface area contributed by atoms with Gasteiger partial charge < -0.3 is 20.9 Å². The number of aliphatic imine (C=N–C) groups is 1. The highest BCUT2D eigenvalue weighted by molar-refractivity contribution is 5.93. The first kappa shape index (κ1) is 27.8. The smallest absolute Gasteiger partial charge is 0.264 e. The summed E-state index contributed by atoms with van der Waals surface area (Å²) in [6.07, 6.45) is 10.2. The van der Waals surface area contributed by atoms with Gasteiger partial charge in [-0.3, -0.25) is 19.2 Å². The summed E-state index contributed by atoms with van der Waals surface area (Å²) < 4.78 is 0. The number of nitrogens with zero attached hydrogens (tertiary/aromatic N) is 1. The van der Waals surface area contributed by atoms with E-state index in [1.165, 1.54) is 25.7 Å². The first-order valence-corrected chi connectivity index (χ1v) is 12.3. The highest BCUT2D eigenvalue weighted by atomic mass is 16.2. The molecule has 1 aromatic carbocycles. The highest BCUT2D eigenvalue weighted by Crippen LogP contribution is 2.19. The lowest BCUT2D eigenvalue weighted by atomic mass is 10.0. The second kappa shape index (κ2) is 15.4. The van der Waals surface area contributed by atoms with Crippen LogP contribution >= 0.6 is 0 Å². The Morgan fingerprint density at radius 3 is 2.40 bits per heavy atom. The summed E-state index contributed by atoms with van der Waals surface area (Å²) in [7, 11) is 0. The maximum Gasteiger partial charge on any atom is 0.264 e. The standard InChI is InChI=1S/C26H37N5O4/c1-3-4-5-6-7-8-9-14-23(32)31-22(15-19-16-28-21-13-11-10-12-20(19)21)26(35)30-18-25(34)29-17-24(33)27-2/h10-13,16,22,28H,2-9,14-15,17-18H2,1H3,(H,29,34)(H,30,35)(H,31,32). The molecule has 35 heavy (non-hydrogen) atoms. The molecular formula is C26H37N5O4. The molecule has 4 N–H and O–H groups in total. The van der Waals surface area contributed by atoms with Gasteiger partial charge in [0.15, 0.2) is 0 Å². The first-order chi connectivity index (χ1) is 16.9. The molecule has 0 spiro atoms. The third-order valence-corrected chi connectivity index (χ3v) is 5.79. The van der Waals surface area contributed by atoms with Crippen molar-refractivity contribution in [1.82, 2.24) is 20.9 Å². The van der Waals surface area contributed by atoms with Gasteiger partial charge in [0.1, 0.15) is 6.04 Å². The number of rotatable bonds is 16. The number of nitrogens with one attached hydrogen (secondary N) is 4. The van der Waals surface area contributed by atoms with Gasteiger partial charge in [-0.25, -0.2) is 4.99 Å². The van der Waals surface area contributed by atoms with Gasteiger partial charge in [0.2, 0.25) is 17.7 Å². The number of fused-ring (bicyclic) bond motifs is 1. The molecule has 0 aliphatic carbocycles. The van der Waals surface area contributed by atoms with Crippen LogP contribution in [0, 0.1) is 0 Å². The molecule has 1 heterocycles. The zero-order valence-corrected chi connectivity index (χ0v) is 20.5. The van der Waals surface area contributed by atoms with E-state index in [1.54, 1.807) is 0 Å². The Labute approximate surface area is 206 Å². The van der Waals surface area contributed by atoms with E-state index < -0.39 is 23.8 Å². The Hall–Kier alpha value is -3.49. The van der Waals surface area contributed by atoms with Gasteiger partial charge in [0, 0.05) is 29.9 Å². The minimum Gasteiger partial charge on any atom is -0.361 e. The van der Waals surface area contributed by atoms with Gasteiger partial charge in [-0.2, -0.15) is 0 Å². The van der Waals surface area contributed by atoms with E-state index in [9.17, 15) is 19.2 Å². The van der Waals surface area contributed by atoms with Gasteiger partial charge >= 0.3 is 0 Å². The van der Waals surface area contributed by atoms with Crippen LogP contribution in [0.5, 0.6) is 0 Å². The molecule has 0 bridgehead atoms. The van der Waals surface area contributed by atoms with Crippen molar-refractivity contribution in [1.29, 1.82) is 0 Å². The number of para-hydroxylation sites is 1. The van der Waals surface area contributed by atoms with Crippen LogP contribution in [-0.2, 0) is 25.6 Å². The van der Waals surface area contributed by atoms with Crippen LogP contribution in [0.2, 0.25) is 0 Å². The Kier molecular flexibility index (Phi) is 12.2. The fraction of sp³-hybridized carbons (Fsp3) is 0.500. The Bertz CT molecular complexity index is 1000. The van der Waals surface area contributed by atoms with Gasteiger partial charge in [-0.1, -0.05) is 63.6 Å². The number of carbonyl (C=O) groups is 4. The fourth-order valence-corrected chi connectivity index (χ4v) is 3.82. The number of hydrogen-bond acceptors (Lipinski definition) is 4. The van der Waals surface area contributed by atoms with Crippen molar-refractivity contribution in [2.75, 3.05) is 13.1 Å². The zero-order chi connectivity index (χ0) is 25.5. The molecule has 9 nitrogen and oxygen atoms in total. The quantitative estimate of drug-likeness (QED) is 0.216. The van der Waals surface area contributed by atoms with Gasteiger partial charge in [-0.05, 0) is 24.8 Å². The normalized spacial score (nSPS) is 11.6. The summed E-state index contributed by atoms with van der Waals surface area (Å²) >= 11 is 0. The van der Waals surface area contributed by atoms with Crippen LogP contribution in [0.1, 0.15) is 63.9 Å². The lowest BCUT2D eigenvalue weighted by Gasteiger charge is -2.18. The van der Waals surface area contributed by atoms with E-state index in [4.69, 9.17) is 0 Å². The molecule has 4 amide bonds. The molecule has 190 valence electrons. The summed E-state index contributed by atoms with van der Waals surface area (Å²) in [6, 6.07) is 6.89. The number of amides is 4. The molecule has 0 aliphatic heterocycles. The van der Waals surface area contributed by atoms with Crippen molar-refractivity contribution < 1.29 is 19.2 Å². The van der Waals surface area contributed by atoms with Crippen molar-refractivity contribution in [2.45, 2.75) is 70.8 Å². The number of aromatic amines is 1. The van der Waals surface area contributed by atoms with Crippen LogP contribution in [-0.4, -0.2) is 54.5 Å². The van der Waals surface area contributed by atoms with Crippen LogP contribution < -0.4 is 16.0 Å². The molecule has 0 radical (unpaired) electrons. The molecule has 9 heteroatoms. The van der Waals surface area contributed by atoms with Crippen LogP contribution in [0.25, 0.3) is 10.9 Å². The monoisotopic (exact) mass is 483 g/mol. The van der Waals surface area contributed by atoms with Crippen LogP contribution in [0.4, 0.5) is 0 Å². The predicted molar refractivity (Wildman–Crippen MR) is 137 cm³/mol. The number of aromatic nitrogens is 1. The van der Waals surface area contributed by atoms with E-state index in [2.05, 4.69) is 39.6 Å². The summed E-state index contributed by atoms with van der Waals surface area (Å²) in [4.78, 5) is 55.0. The minimum absolute atomic E-state index is 0.189. The Balaban J connectivity index is 1.93. The maximum absolute atomic E-state index is 12.9. The lowest BCUT2D eigenvalue weighted by molar-refractivity contribution is -0.130. The minimum atomic E-state index is -0.837. The van der Waals surface area contributed by atoms with Gasteiger partial charge in [-0.15, -0.1) is 0 Å². The Morgan fingerprint density at radius 1 is 0.943 bits per heavy atom. The Morgan fingerprint density at radius 2 is 1.66 bits per heavy atom. The average Bonchev–Trinajstić information content (AvgIpc) is 3.27. The van der Waals surface area contributed by atoms with E-state index in [0.29, 0.717) is 6.42 Å². The number of H-pyrrole nitrogens is 1. The second-order valence-corrected chi connectivity index (χ2v) is 8.60. The SMILES string of the molecule is C=NC(=O)CNC(=O)CNC(=O)C(Cc1c[nH]c2ccccc12)NC(=O)CCCCCCCCC. The fourth-order valence-electron chi connectivity index (χ4n) is 3.82. The average molecular weight is 484 g/mol. The van der Waals surface area contributed by atoms with Crippen molar-refractivity contribution >= 4 is 41.2 Å². The number of benzene rings is 1. The van der Waals surface area contributed by atoms with Crippen LogP contribution in [0.3, 0.4) is 0 Å². The molecule has 0 fully saturated rings. The summed E-state index contributed by atoms with van der Waals surface area (Å²) in [5, 5.41) is 8.73. The molecule has 1 unspecified atom stereocenters. The van der Waals surface area contributed by atoms with Crippen molar-refractivity contribution in [3.63, 3.8) is 0 Å². The molecule has 2 aromatic rings. The van der Waals surface area contributed by atoms with E-state index in [1.807, 2.05) is 30.5 Å². The third kappa shape index (κ3) is 10.1. The zero-order valence-electron chi connectivity index (χ0n) is 20.5. The lowest BCUT2D eigenvalue weighted by Crippen LogP contribution is -2.50. The highest BCUT2D eigenvalue weighted by Gasteiger charge is 2.23. The van der Waals surface area contributed by atoms with Gasteiger partial charge in [0.05, 0.1) is 13.1 Å². The molecule has 0 saturated carbocycles. The summed E-state index contributed by atoms with van der Waals surface area (Å²) in [6.45, 7) is 4.68. The van der Waals surface area contributed by atoms with Gasteiger partial charge in [0.25, 0.3) is 5.91 Å². The number of unbranched alkanes of at least 4 members (excludes halogenated alkanes) is 6. The predicted octanol–water partition coefficient (Wildman–Crippen LogP) is 2.80. The largest absolute Gasteiger partial charge is 0.361 e. The summed E-state index contributed by atoms with van der Waals surface area (Å²) in [5.74, 6) is -1.76. The van der Waals surface area contributed by atoms with Crippen molar-refractivity contribution in [3.05, 3.63) is 36.0 Å². The molecule has 1 aromatic heterocycles. The van der Waals surface area contributed by atoms with E-state index >= 15 is 0 Å². The number of hydrogen-bond donors (Lipinski definition) is 4. The van der Waals surface area contributed by atoms with E-state index in [-0.39, 0.29) is 25.4 Å². The third-order valence-electron chi connectivity index (χ3n) is 5.79. The molecule has 1 atom stereocenters. The van der Waals surface area contributed by atoms with E-state index in [0.717, 1.165) is 35.7 Å². The number of carbonyl (C=O) groups excluding carboxylic acids is 4. The maximum atomic E-state index is 12.9. The molecule has 0 aliphatic rings. The topological polar surface area (TPSA) is 133 Å². The summed E-state index contributed by atoms with van der Waals surface area (Å²) in [5.41, 5.74) is 1.83. The van der Waals surface area contributed by atoms with Crippen molar-refractivity contribution in [3.8, 4) is 0 Å². The molecule has 2 rings (SSSR count). The second-order valence-electron chi connectivity index (χ2n) is 8.60.